The summed E-state index contributed by atoms with van der Waals surface area (Å²) in [4.78, 5) is 12.3. The van der Waals surface area contributed by atoms with E-state index in [1.54, 1.807) is 31.2 Å². The first kappa shape index (κ1) is 15.3. The topological polar surface area (TPSA) is 61.7 Å². The molecule has 0 bridgehead atoms. The number of amides is 1. The molecule has 2 aromatic carbocycles. The Balaban J connectivity index is 2.26. The van der Waals surface area contributed by atoms with Gasteiger partial charge in [-0.1, -0.05) is 29.4 Å². The lowest BCUT2D eigenvalue weighted by Gasteiger charge is -2.09. The average Bonchev–Trinajstić information content (AvgIpc) is 2.49. The third-order valence-corrected chi connectivity index (χ3v) is 4.18. The zero-order valence-electron chi connectivity index (χ0n) is 11.7. The van der Waals surface area contributed by atoms with Gasteiger partial charge in [-0.3, -0.25) is 4.79 Å². The maximum absolute atomic E-state index is 12.3. The minimum absolute atomic E-state index is 0.193. The van der Waals surface area contributed by atoms with Crippen LogP contribution in [0.5, 0.6) is 0 Å². The molecule has 0 spiro atoms. The Hall–Kier alpha value is -2.14. The van der Waals surface area contributed by atoms with E-state index in [1.807, 2.05) is 25.1 Å². The van der Waals surface area contributed by atoms with Gasteiger partial charge in [0.05, 0.1) is 11.3 Å². The molecule has 0 radical (unpaired) electrons. The number of halogens is 1. The average molecular weight is 347 g/mol. The Bertz CT molecular complexity index is 711. The van der Waals surface area contributed by atoms with Gasteiger partial charge in [-0.05, 0) is 53.5 Å². The van der Waals surface area contributed by atoms with Crippen molar-refractivity contribution in [1.82, 2.24) is 0 Å². The van der Waals surface area contributed by atoms with Gasteiger partial charge in [-0.15, -0.1) is 0 Å². The summed E-state index contributed by atoms with van der Waals surface area (Å²) in [6, 6.07) is 12.7. The highest BCUT2D eigenvalue weighted by molar-refractivity contribution is 9.10. The lowest BCUT2D eigenvalue weighted by molar-refractivity contribution is 0.102. The van der Waals surface area contributed by atoms with Gasteiger partial charge in [0.15, 0.2) is 0 Å². The molecule has 0 aromatic heterocycles. The number of hydrogen-bond acceptors (Lipinski definition) is 3. The van der Waals surface area contributed by atoms with Crippen molar-refractivity contribution in [3.8, 4) is 0 Å². The lowest BCUT2D eigenvalue weighted by atomic mass is 10.1. The zero-order chi connectivity index (χ0) is 15.4. The SMILES string of the molecule is C/C(=N/O)c1cccc(NC(=O)c2cccc(C)c2Br)c1. The van der Waals surface area contributed by atoms with Crippen LogP contribution >= 0.6 is 15.9 Å². The number of carbonyl (C=O) groups is 1. The molecule has 0 fully saturated rings. The molecular weight excluding hydrogens is 332 g/mol. The van der Waals surface area contributed by atoms with Gasteiger partial charge in [0.1, 0.15) is 0 Å². The van der Waals surface area contributed by atoms with Crippen LogP contribution in [-0.4, -0.2) is 16.8 Å². The van der Waals surface area contributed by atoms with E-state index in [1.165, 1.54) is 0 Å². The molecule has 0 unspecified atom stereocenters. The van der Waals surface area contributed by atoms with Crippen molar-refractivity contribution in [3.05, 3.63) is 63.6 Å². The Kier molecular flexibility index (Phi) is 4.75. The Labute approximate surface area is 131 Å². The van der Waals surface area contributed by atoms with Gasteiger partial charge in [-0.25, -0.2) is 0 Å². The molecular formula is C16H15BrN2O2. The summed E-state index contributed by atoms with van der Waals surface area (Å²) in [7, 11) is 0. The van der Waals surface area contributed by atoms with Crippen LogP contribution in [0.25, 0.3) is 0 Å². The molecule has 108 valence electrons. The molecule has 5 heteroatoms. The standard InChI is InChI=1S/C16H15BrN2O2/c1-10-5-3-8-14(15(10)17)16(20)18-13-7-4-6-12(9-13)11(2)19-21/h3-9,21H,1-2H3,(H,18,20)/b19-11-. The van der Waals surface area contributed by atoms with E-state index in [-0.39, 0.29) is 5.91 Å². The molecule has 0 aliphatic carbocycles. The van der Waals surface area contributed by atoms with Crippen LogP contribution < -0.4 is 5.32 Å². The number of hydrogen-bond donors (Lipinski definition) is 2. The fourth-order valence-electron chi connectivity index (χ4n) is 1.90. The zero-order valence-corrected chi connectivity index (χ0v) is 13.3. The van der Waals surface area contributed by atoms with E-state index in [9.17, 15) is 4.79 Å². The smallest absolute Gasteiger partial charge is 0.256 e. The second kappa shape index (κ2) is 6.54. The van der Waals surface area contributed by atoms with Crippen molar-refractivity contribution in [3.63, 3.8) is 0 Å². The first-order valence-electron chi connectivity index (χ1n) is 6.38. The lowest BCUT2D eigenvalue weighted by Crippen LogP contribution is -2.13. The number of rotatable bonds is 3. The summed E-state index contributed by atoms with van der Waals surface area (Å²) >= 11 is 3.43. The first-order valence-corrected chi connectivity index (χ1v) is 7.18. The summed E-state index contributed by atoms with van der Waals surface area (Å²) in [5, 5.41) is 14.8. The van der Waals surface area contributed by atoms with Gasteiger partial charge < -0.3 is 10.5 Å². The molecule has 0 saturated heterocycles. The van der Waals surface area contributed by atoms with E-state index < -0.39 is 0 Å². The summed E-state index contributed by atoms with van der Waals surface area (Å²) in [5.41, 5.74) is 3.46. The molecule has 0 atom stereocenters. The van der Waals surface area contributed by atoms with Crippen molar-refractivity contribution >= 4 is 33.2 Å². The van der Waals surface area contributed by atoms with Crippen LogP contribution in [0, 0.1) is 6.92 Å². The third kappa shape index (κ3) is 3.49. The third-order valence-electron chi connectivity index (χ3n) is 3.12. The maximum Gasteiger partial charge on any atom is 0.256 e. The molecule has 0 aliphatic heterocycles. The van der Waals surface area contributed by atoms with Gasteiger partial charge in [0.2, 0.25) is 0 Å². The minimum atomic E-state index is -0.193. The Morgan fingerprint density at radius 2 is 1.95 bits per heavy atom. The quantitative estimate of drug-likeness (QED) is 0.496. The van der Waals surface area contributed by atoms with Crippen LogP contribution in [0.2, 0.25) is 0 Å². The number of anilines is 1. The van der Waals surface area contributed by atoms with Crippen LogP contribution in [-0.2, 0) is 0 Å². The largest absolute Gasteiger partial charge is 0.411 e. The number of oxime groups is 1. The highest BCUT2D eigenvalue weighted by atomic mass is 79.9. The second-order valence-corrected chi connectivity index (χ2v) is 5.45. The van der Waals surface area contributed by atoms with Crippen LogP contribution in [0.3, 0.4) is 0 Å². The monoisotopic (exact) mass is 346 g/mol. The highest BCUT2D eigenvalue weighted by Gasteiger charge is 2.11. The van der Waals surface area contributed by atoms with Crippen LogP contribution in [0.1, 0.15) is 28.4 Å². The highest BCUT2D eigenvalue weighted by Crippen LogP contribution is 2.22. The number of benzene rings is 2. The second-order valence-electron chi connectivity index (χ2n) is 4.66. The van der Waals surface area contributed by atoms with Gasteiger partial charge in [-0.2, -0.15) is 0 Å². The molecule has 2 aromatic rings. The molecule has 21 heavy (non-hydrogen) atoms. The van der Waals surface area contributed by atoms with Crippen LogP contribution in [0.4, 0.5) is 5.69 Å². The van der Waals surface area contributed by atoms with Gasteiger partial charge >= 0.3 is 0 Å². The number of aryl methyl sites for hydroxylation is 1. The van der Waals surface area contributed by atoms with E-state index in [2.05, 4.69) is 26.4 Å². The fourth-order valence-corrected chi connectivity index (χ4v) is 2.35. The van der Waals surface area contributed by atoms with Crippen molar-refractivity contribution < 1.29 is 10.0 Å². The van der Waals surface area contributed by atoms with Crippen molar-refractivity contribution in [2.24, 2.45) is 5.16 Å². The maximum atomic E-state index is 12.3. The van der Waals surface area contributed by atoms with E-state index in [0.29, 0.717) is 17.0 Å². The molecule has 0 aliphatic rings. The van der Waals surface area contributed by atoms with Gasteiger partial charge in [0.25, 0.3) is 5.91 Å². The van der Waals surface area contributed by atoms with Gasteiger partial charge in [0, 0.05) is 15.7 Å². The molecule has 1 amide bonds. The van der Waals surface area contributed by atoms with E-state index in [4.69, 9.17) is 5.21 Å². The Morgan fingerprint density at radius 3 is 2.67 bits per heavy atom. The number of nitrogens with zero attached hydrogens (tertiary/aromatic N) is 1. The van der Waals surface area contributed by atoms with E-state index in [0.717, 1.165) is 15.6 Å². The molecule has 2 N–H and O–H groups in total. The van der Waals surface area contributed by atoms with Crippen molar-refractivity contribution in [2.45, 2.75) is 13.8 Å². The first-order chi connectivity index (χ1) is 10.0. The summed E-state index contributed by atoms with van der Waals surface area (Å²) in [6.07, 6.45) is 0. The van der Waals surface area contributed by atoms with E-state index >= 15 is 0 Å². The predicted octanol–water partition coefficient (Wildman–Crippen LogP) is 4.21. The molecule has 2 rings (SSSR count). The fraction of sp³-hybridized carbons (Fsp3) is 0.125. The number of nitrogens with one attached hydrogen (secondary N) is 1. The Morgan fingerprint density at radius 1 is 1.24 bits per heavy atom. The van der Waals surface area contributed by atoms with Crippen LogP contribution in [0.15, 0.2) is 52.1 Å². The normalized spacial score (nSPS) is 11.3. The predicted molar refractivity (Wildman–Crippen MR) is 87.3 cm³/mol. The summed E-state index contributed by atoms with van der Waals surface area (Å²) in [5.74, 6) is -0.193. The molecule has 0 heterocycles. The molecule has 4 nitrogen and oxygen atoms in total. The number of carbonyl (C=O) groups excluding carboxylic acids is 1. The minimum Gasteiger partial charge on any atom is -0.411 e. The summed E-state index contributed by atoms with van der Waals surface area (Å²) < 4.78 is 0.784. The molecule has 0 saturated carbocycles. The summed E-state index contributed by atoms with van der Waals surface area (Å²) in [6.45, 7) is 3.63. The van der Waals surface area contributed by atoms with Crippen molar-refractivity contribution in [2.75, 3.05) is 5.32 Å². The van der Waals surface area contributed by atoms with Crippen molar-refractivity contribution in [1.29, 1.82) is 0 Å².